The smallest absolute Gasteiger partial charge is 0.270 e. The lowest BCUT2D eigenvalue weighted by Crippen LogP contribution is -2.14. The quantitative estimate of drug-likeness (QED) is 0.617. The molecule has 0 saturated carbocycles. The number of nitro groups is 1. The Bertz CT molecular complexity index is 746. The molecule has 0 spiro atoms. The van der Waals surface area contributed by atoms with Crippen LogP contribution >= 0.6 is 11.6 Å². The number of para-hydroxylation sites is 1. The third-order valence-corrected chi connectivity index (χ3v) is 4.09. The van der Waals surface area contributed by atoms with Gasteiger partial charge in [-0.1, -0.05) is 43.6 Å². The van der Waals surface area contributed by atoms with Crippen LogP contribution in [0.4, 0.5) is 11.4 Å². The van der Waals surface area contributed by atoms with Gasteiger partial charge < -0.3 is 5.32 Å². The molecule has 5 nitrogen and oxygen atoms in total. The van der Waals surface area contributed by atoms with Crippen molar-refractivity contribution in [3.05, 3.63) is 68.7 Å². The maximum atomic E-state index is 12.5. The van der Waals surface area contributed by atoms with Gasteiger partial charge in [-0.15, -0.1) is 0 Å². The van der Waals surface area contributed by atoms with Gasteiger partial charge in [0.25, 0.3) is 11.6 Å². The van der Waals surface area contributed by atoms with Crippen LogP contribution in [0.25, 0.3) is 0 Å². The Morgan fingerprint density at radius 3 is 2.65 bits per heavy atom. The van der Waals surface area contributed by atoms with E-state index >= 15 is 0 Å². The summed E-state index contributed by atoms with van der Waals surface area (Å²) in [7, 11) is 0. The number of hydrogen-bond acceptors (Lipinski definition) is 3. The van der Waals surface area contributed by atoms with Crippen LogP contribution in [0.2, 0.25) is 5.02 Å². The Kier molecular flexibility index (Phi) is 5.34. The zero-order valence-corrected chi connectivity index (χ0v) is 13.6. The molecular formula is C17H17ClN2O3. The van der Waals surface area contributed by atoms with Crippen molar-refractivity contribution in [2.24, 2.45) is 0 Å². The molecular weight excluding hydrogens is 316 g/mol. The Morgan fingerprint density at radius 1 is 1.30 bits per heavy atom. The molecule has 0 heterocycles. The van der Waals surface area contributed by atoms with E-state index in [9.17, 15) is 14.9 Å². The van der Waals surface area contributed by atoms with Gasteiger partial charge in [-0.3, -0.25) is 14.9 Å². The average Bonchev–Trinajstić information content (AvgIpc) is 2.54. The Morgan fingerprint density at radius 2 is 2.00 bits per heavy atom. The molecule has 2 rings (SSSR count). The molecule has 23 heavy (non-hydrogen) atoms. The van der Waals surface area contributed by atoms with Crippen LogP contribution in [0.5, 0.6) is 0 Å². The van der Waals surface area contributed by atoms with Gasteiger partial charge in [0.15, 0.2) is 0 Å². The van der Waals surface area contributed by atoms with E-state index in [1.54, 1.807) is 0 Å². The summed E-state index contributed by atoms with van der Waals surface area (Å²) < 4.78 is 0. The minimum Gasteiger partial charge on any atom is -0.322 e. The van der Waals surface area contributed by atoms with Gasteiger partial charge in [-0.05, 0) is 30.0 Å². The van der Waals surface area contributed by atoms with Gasteiger partial charge in [0.1, 0.15) is 0 Å². The Balaban J connectivity index is 2.33. The molecule has 120 valence electrons. The van der Waals surface area contributed by atoms with Crippen LogP contribution in [-0.4, -0.2) is 10.8 Å². The number of nitro benzene ring substituents is 1. The number of non-ortho nitro benzene ring substituents is 1. The van der Waals surface area contributed by atoms with Crippen LogP contribution in [0.1, 0.15) is 42.1 Å². The summed E-state index contributed by atoms with van der Waals surface area (Å²) in [6, 6.07) is 11.3. The number of carbonyl (C=O) groups is 1. The highest BCUT2D eigenvalue weighted by Gasteiger charge is 2.17. The SMILES string of the molecule is CC[C@H](C)c1ccccc1NC(=O)c1cc([N+](=O)[O-])ccc1Cl. The molecule has 0 bridgehead atoms. The molecule has 0 saturated heterocycles. The van der Waals surface area contributed by atoms with Gasteiger partial charge in [0.05, 0.1) is 15.5 Å². The van der Waals surface area contributed by atoms with Crippen molar-refractivity contribution in [1.82, 2.24) is 0 Å². The molecule has 6 heteroatoms. The minimum atomic E-state index is -0.555. The first-order chi connectivity index (χ1) is 10.9. The van der Waals surface area contributed by atoms with Crippen LogP contribution in [-0.2, 0) is 0 Å². The molecule has 0 aliphatic rings. The zero-order valence-electron chi connectivity index (χ0n) is 12.9. The monoisotopic (exact) mass is 332 g/mol. The third kappa shape index (κ3) is 3.87. The second kappa shape index (κ2) is 7.24. The van der Waals surface area contributed by atoms with Crippen molar-refractivity contribution in [1.29, 1.82) is 0 Å². The summed E-state index contributed by atoms with van der Waals surface area (Å²) in [6.45, 7) is 4.14. The van der Waals surface area contributed by atoms with E-state index in [4.69, 9.17) is 11.6 Å². The van der Waals surface area contributed by atoms with E-state index in [1.807, 2.05) is 24.3 Å². The highest BCUT2D eigenvalue weighted by atomic mass is 35.5. The summed E-state index contributed by atoms with van der Waals surface area (Å²) in [6.07, 6.45) is 0.935. The molecule has 2 aromatic carbocycles. The molecule has 0 aliphatic carbocycles. The van der Waals surface area contributed by atoms with Crippen molar-refractivity contribution >= 4 is 28.9 Å². The maximum absolute atomic E-state index is 12.5. The highest BCUT2D eigenvalue weighted by molar-refractivity contribution is 6.34. The van der Waals surface area contributed by atoms with Crippen molar-refractivity contribution in [2.75, 3.05) is 5.32 Å². The molecule has 1 amide bonds. The maximum Gasteiger partial charge on any atom is 0.270 e. The Hall–Kier alpha value is -2.40. The summed E-state index contributed by atoms with van der Waals surface area (Å²) in [5.41, 5.74) is 1.62. The number of amides is 1. The van der Waals surface area contributed by atoms with Crippen LogP contribution in [0, 0.1) is 10.1 Å². The topological polar surface area (TPSA) is 72.2 Å². The van der Waals surface area contributed by atoms with Gasteiger partial charge in [0.2, 0.25) is 0 Å². The first-order valence-electron chi connectivity index (χ1n) is 7.28. The first kappa shape index (κ1) is 17.0. The van der Waals surface area contributed by atoms with E-state index in [2.05, 4.69) is 19.2 Å². The molecule has 0 fully saturated rings. The van der Waals surface area contributed by atoms with Crippen LogP contribution in [0.3, 0.4) is 0 Å². The standard InChI is InChI=1S/C17H17ClN2O3/c1-3-11(2)13-6-4-5-7-16(13)19-17(21)14-10-12(20(22)23)8-9-15(14)18/h4-11H,3H2,1-2H3,(H,19,21)/t11-/m0/s1. The second-order valence-electron chi connectivity index (χ2n) is 5.27. The summed E-state index contributed by atoms with van der Waals surface area (Å²) in [4.78, 5) is 22.8. The van der Waals surface area contributed by atoms with Crippen molar-refractivity contribution in [2.45, 2.75) is 26.2 Å². The average molecular weight is 333 g/mol. The number of hydrogen-bond donors (Lipinski definition) is 1. The lowest BCUT2D eigenvalue weighted by molar-refractivity contribution is -0.384. The predicted octanol–water partition coefficient (Wildman–Crippen LogP) is 5.01. The van der Waals surface area contributed by atoms with E-state index in [-0.39, 0.29) is 22.2 Å². The summed E-state index contributed by atoms with van der Waals surface area (Å²) in [5, 5.41) is 13.8. The van der Waals surface area contributed by atoms with E-state index < -0.39 is 10.8 Å². The van der Waals surface area contributed by atoms with Crippen molar-refractivity contribution in [3.63, 3.8) is 0 Å². The molecule has 0 radical (unpaired) electrons. The van der Waals surface area contributed by atoms with Gasteiger partial charge in [-0.2, -0.15) is 0 Å². The van der Waals surface area contributed by atoms with Crippen molar-refractivity contribution in [3.8, 4) is 0 Å². The molecule has 0 aliphatic heterocycles. The normalized spacial score (nSPS) is 11.8. The molecule has 0 unspecified atom stereocenters. The predicted molar refractivity (Wildman–Crippen MR) is 91.2 cm³/mol. The van der Waals surface area contributed by atoms with E-state index in [1.165, 1.54) is 18.2 Å². The van der Waals surface area contributed by atoms with Gasteiger partial charge in [-0.25, -0.2) is 0 Å². The minimum absolute atomic E-state index is 0.0832. The molecule has 1 atom stereocenters. The van der Waals surface area contributed by atoms with E-state index in [0.29, 0.717) is 5.69 Å². The number of carbonyl (C=O) groups excluding carboxylic acids is 1. The second-order valence-corrected chi connectivity index (χ2v) is 5.68. The zero-order chi connectivity index (χ0) is 17.0. The number of nitrogens with one attached hydrogen (secondary N) is 1. The largest absolute Gasteiger partial charge is 0.322 e. The molecule has 0 aromatic heterocycles. The molecule has 2 aromatic rings. The number of benzene rings is 2. The number of rotatable bonds is 5. The number of halogens is 1. The molecule has 1 N–H and O–H groups in total. The van der Waals surface area contributed by atoms with Crippen LogP contribution in [0.15, 0.2) is 42.5 Å². The number of nitrogens with zero attached hydrogens (tertiary/aromatic N) is 1. The fourth-order valence-corrected chi connectivity index (χ4v) is 2.45. The lowest BCUT2D eigenvalue weighted by Gasteiger charge is -2.16. The first-order valence-corrected chi connectivity index (χ1v) is 7.66. The fourth-order valence-electron chi connectivity index (χ4n) is 2.25. The van der Waals surface area contributed by atoms with Crippen LogP contribution < -0.4 is 5.32 Å². The fraction of sp³-hybridized carbons (Fsp3) is 0.235. The Labute approximate surface area is 139 Å². The highest BCUT2D eigenvalue weighted by Crippen LogP contribution is 2.28. The van der Waals surface area contributed by atoms with E-state index in [0.717, 1.165) is 12.0 Å². The van der Waals surface area contributed by atoms with Gasteiger partial charge in [0, 0.05) is 17.8 Å². The van der Waals surface area contributed by atoms with Crippen molar-refractivity contribution < 1.29 is 9.72 Å². The third-order valence-electron chi connectivity index (χ3n) is 3.76. The summed E-state index contributed by atoms with van der Waals surface area (Å²) >= 11 is 6.01. The van der Waals surface area contributed by atoms with Gasteiger partial charge >= 0.3 is 0 Å². The summed E-state index contributed by atoms with van der Waals surface area (Å²) in [5.74, 6) is -0.179. The number of anilines is 1. The lowest BCUT2D eigenvalue weighted by atomic mass is 9.97.